The molecule has 2 aliphatic carbocycles. The number of anilines is 1. The Balaban J connectivity index is 1.02. The van der Waals surface area contributed by atoms with Crippen LogP contribution in [-0.2, 0) is 23.8 Å². The zero-order chi connectivity index (χ0) is 58.8. The number of carboxylic acids is 1. The normalized spacial score (nSPS) is 30.2. The summed E-state index contributed by atoms with van der Waals surface area (Å²) in [4.78, 5) is 101. The van der Waals surface area contributed by atoms with Gasteiger partial charge in [-0.1, -0.05) is 45.9 Å². The highest BCUT2D eigenvalue weighted by atomic mass is 19.1. The molecule has 3 fully saturated rings. The van der Waals surface area contributed by atoms with Crippen LogP contribution in [0.3, 0.4) is 0 Å². The minimum atomic E-state index is -2.15. The standard InChI is InChI=1S/C60H72FN5O15/c1-27-12-11-13-28(2)57(74)63-45-48(64-20-16-36(17-21-64)62-37-18-22-65(25-37)47-30(4)46-38(35-14-15-35)24-39(59(76)77)58(75)66(46)26-40(47)61)53(72)42-43(52(45)71)51(70)33(7)55-44(42)56(73)60(9,81-55)79-23-19-41(78-10)29(3)54(80-34(8)67)32(6)50(69)31(5)49(27)68/h11-13,19,23-24,26-27,29,31-32,35-37,41,49-50,54,62,68-70H,14-18,20-22,25H2,1-10H3,(H,63,74)(H,76,77)/b12-11+,23-19+,28-13-/t27-,29-,31-,32-,37?,41+,49+,50+,54+,60+/m1/s1. The zero-order valence-electron chi connectivity index (χ0n) is 47.3. The van der Waals surface area contributed by atoms with Gasteiger partial charge in [-0.25, -0.2) is 9.18 Å². The van der Waals surface area contributed by atoms with Gasteiger partial charge in [-0.15, -0.1) is 0 Å². The number of halogens is 1. The number of aryl methyl sites for hydroxylation is 1. The molecule has 2 saturated heterocycles. The van der Waals surface area contributed by atoms with Crippen LogP contribution >= 0.6 is 0 Å². The molecule has 10 rings (SSSR count). The van der Waals surface area contributed by atoms with Crippen molar-refractivity contribution in [3.8, 4) is 11.5 Å². The van der Waals surface area contributed by atoms with Crippen LogP contribution in [-0.4, -0.2) is 140 Å². The monoisotopic (exact) mass is 1120 g/mol. The first kappa shape index (κ1) is 58.5. The number of Topliss-reactive ketones (excluding diaryl/α,β-unsaturated/α-hetero) is 3. The number of esters is 1. The van der Waals surface area contributed by atoms with Crippen molar-refractivity contribution in [3.63, 3.8) is 0 Å². The van der Waals surface area contributed by atoms with Gasteiger partial charge in [0.05, 0.1) is 58.7 Å². The summed E-state index contributed by atoms with van der Waals surface area (Å²) in [5, 5.41) is 51.2. The summed E-state index contributed by atoms with van der Waals surface area (Å²) in [6, 6.07) is 1.21. The van der Waals surface area contributed by atoms with E-state index in [0.717, 1.165) is 23.4 Å². The molecule has 7 heterocycles. The highest BCUT2D eigenvalue weighted by molar-refractivity contribution is 6.32. The number of fused-ring (bicyclic) bond motifs is 15. The van der Waals surface area contributed by atoms with Gasteiger partial charge in [0.2, 0.25) is 11.6 Å². The Morgan fingerprint density at radius 2 is 1.52 bits per heavy atom. The third-order valence-electron chi connectivity index (χ3n) is 17.4. The van der Waals surface area contributed by atoms with Crippen molar-refractivity contribution in [1.29, 1.82) is 0 Å². The fraction of sp³-hybridized carbons (Fsp3) is 0.517. The molecule has 81 heavy (non-hydrogen) atoms. The number of carboxylic acid groups (broad SMARTS) is 1. The minimum absolute atomic E-state index is 0.0372. The second-order valence-electron chi connectivity index (χ2n) is 22.9. The number of carbonyl (C=O) groups is 6. The van der Waals surface area contributed by atoms with Crippen LogP contribution < -0.4 is 25.8 Å². The summed E-state index contributed by atoms with van der Waals surface area (Å²) in [6.45, 7) is 15.4. The van der Waals surface area contributed by atoms with Gasteiger partial charge in [0.25, 0.3) is 17.2 Å². The molecule has 21 heteroatoms. The van der Waals surface area contributed by atoms with E-state index < -0.39 is 129 Å². The highest BCUT2D eigenvalue weighted by Gasteiger charge is 2.53. The first-order valence-corrected chi connectivity index (χ1v) is 27.7. The lowest BCUT2D eigenvalue weighted by molar-refractivity contribution is -0.160. The van der Waals surface area contributed by atoms with E-state index >= 15 is 14.0 Å². The topological polar surface area (TPSA) is 272 Å². The molecule has 5 bridgehead atoms. The summed E-state index contributed by atoms with van der Waals surface area (Å²) < 4.78 is 41.1. The number of ketones is 3. The van der Waals surface area contributed by atoms with Crippen LogP contribution in [0, 0.1) is 43.3 Å². The molecule has 3 aromatic rings. The molecule has 6 N–H and O–H groups in total. The number of phenolic OH excluding ortho intramolecular Hbond substituents is 1. The molecule has 7 aliphatic rings. The van der Waals surface area contributed by atoms with Crippen LogP contribution in [0.5, 0.6) is 11.5 Å². The number of methoxy groups -OCH3 is 1. The maximum absolute atomic E-state index is 16.2. The Morgan fingerprint density at radius 1 is 0.852 bits per heavy atom. The van der Waals surface area contributed by atoms with Gasteiger partial charge in [-0.3, -0.25) is 33.2 Å². The van der Waals surface area contributed by atoms with Crippen molar-refractivity contribution in [1.82, 2.24) is 19.9 Å². The van der Waals surface area contributed by atoms with E-state index in [0.29, 0.717) is 54.7 Å². The minimum Gasteiger partial charge on any atom is -0.507 e. The zero-order valence-corrected chi connectivity index (χ0v) is 47.3. The summed E-state index contributed by atoms with van der Waals surface area (Å²) in [5.41, 5.74) is -0.837. The smallest absolute Gasteiger partial charge is 0.341 e. The van der Waals surface area contributed by atoms with Crippen LogP contribution in [0.15, 0.2) is 64.6 Å². The fourth-order valence-electron chi connectivity index (χ4n) is 12.6. The fourth-order valence-corrected chi connectivity index (χ4v) is 12.6. The van der Waals surface area contributed by atoms with E-state index in [4.69, 9.17) is 18.9 Å². The average molecular weight is 1120 g/mol. The van der Waals surface area contributed by atoms with E-state index in [1.165, 1.54) is 59.3 Å². The number of nitrogens with one attached hydrogen (secondary N) is 2. The van der Waals surface area contributed by atoms with Crippen molar-refractivity contribution in [2.75, 3.05) is 38.2 Å². The number of ether oxygens (including phenoxy) is 4. The van der Waals surface area contributed by atoms with Gasteiger partial charge < -0.3 is 59.8 Å². The number of benzene rings is 1. The predicted molar refractivity (Wildman–Crippen MR) is 294 cm³/mol. The number of rotatable bonds is 8. The van der Waals surface area contributed by atoms with E-state index in [1.54, 1.807) is 51.7 Å². The first-order valence-electron chi connectivity index (χ1n) is 27.7. The Kier molecular flexibility index (Phi) is 16.3. The van der Waals surface area contributed by atoms with Gasteiger partial charge in [-0.05, 0) is 82.1 Å². The number of aromatic carboxylic acids is 1. The number of hydrogen-bond donors (Lipinski definition) is 6. The van der Waals surface area contributed by atoms with E-state index in [9.17, 15) is 44.4 Å². The van der Waals surface area contributed by atoms with Gasteiger partial charge in [0.1, 0.15) is 34.6 Å². The molecule has 20 nitrogen and oxygen atoms in total. The molecular formula is C60H72FN5O15. The van der Waals surface area contributed by atoms with E-state index in [2.05, 4.69) is 10.6 Å². The second kappa shape index (κ2) is 22.6. The highest BCUT2D eigenvalue weighted by Crippen LogP contribution is 2.50. The summed E-state index contributed by atoms with van der Waals surface area (Å²) >= 11 is 0. The first-order chi connectivity index (χ1) is 38.3. The maximum Gasteiger partial charge on any atom is 0.341 e. The number of aromatic nitrogens is 1. The second-order valence-corrected chi connectivity index (χ2v) is 22.9. The molecule has 1 saturated carbocycles. The van der Waals surface area contributed by atoms with Crippen LogP contribution in [0.2, 0.25) is 0 Å². The Bertz CT molecular complexity index is 3320. The number of amides is 1. The summed E-state index contributed by atoms with van der Waals surface area (Å²) in [5.74, 6) is -11.6. The van der Waals surface area contributed by atoms with Crippen LogP contribution in [0.25, 0.3) is 5.52 Å². The molecule has 1 unspecified atom stereocenters. The number of piperidine rings is 1. The van der Waals surface area contributed by atoms with Crippen LogP contribution in [0.1, 0.15) is 145 Å². The van der Waals surface area contributed by atoms with Crippen molar-refractivity contribution in [2.24, 2.45) is 23.7 Å². The van der Waals surface area contributed by atoms with Crippen molar-refractivity contribution < 1.29 is 72.5 Å². The Morgan fingerprint density at radius 3 is 2.16 bits per heavy atom. The van der Waals surface area contributed by atoms with Gasteiger partial charge in [0, 0.05) is 94.0 Å². The number of likely N-dealkylation sites (tertiary alicyclic amines) is 1. The lowest BCUT2D eigenvalue weighted by atomic mass is 9.78. The largest absolute Gasteiger partial charge is 0.507 e. The number of phenols is 1. The number of allylic oxidation sites excluding steroid dienone is 4. The third-order valence-corrected chi connectivity index (χ3v) is 17.4. The maximum atomic E-state index is 16.2. The molecule has 2 aromatic heterocycles. The Hall–Kier alpha value is -7.20. The lowest BCUT2D eigenvalue weighted by Crippen LogP contribution is -2.49. The van der Waals surface area contributed by atoms with Crippen molar-refractivity contribution >= 4 is 46.4 Å². The van der Waals surface area contributed by atoms with Crippen molar-refractivity contribution in [3.05, 3.63) is 115 Å². The molecule has 434 valence electrons. The molecular weight excluding hydrogens is 1050 g/mol. The third kappa shape index (κ3) is 10.7. The van der Waals surface area contributed by atoms with E-state index in [-0.39, 0.29) is 59.2 Å². The lowest BCUT2D eigenvalue weighted by Gasteiger charge is -2.38. The average Bonchev–Trinajstić information content (AvgIpc) is 2.63. The van der Waals surface area contributed by atoms with E-state index in [1.807, 2.05) is 4.90 Å². The SMILES string of the molecule is CO[C@H]1/C=C/O[C@@]2(C)Oc3c(C)c(O)c4c(c3C2=O)C(=O)C(N2CCC(NC3CCN(c5c(F)cn6c(=O)c(C(=O)O)cc(C7CC7)c6c5C)C3)CC2)=C(NC(=O)/C(C)=C\C=C\[C@@H](C)[C@H](O)[C@@H](C)[C@H](O)[C@@H](C)[C@@H](OC(C)=O)[C@@H]1C)C4=O. The number of hydrogen-bond acceptors (Lipinski definition) is 17. The van der Waals surface area contributed by atoms with Gasteiger partial charge in [0.15, 0.2) is 5.82 Å². The van der Waals surface area contributed by atoms with Gasteiger partial charge >= 0.3 is 17.7 Å². The molecule has 0 radical (unpaired) electrons. The molecule has 5 aliphatic heterocycles. The molecule has 10 atom stereocenters. The number of aliphatic hydroxyl groups is 2. The number of pyridine rings is 2. The number of aromatic hydroxyl groups is 1. The molecule has 0 spiro atoms. The predicted octanol–water partition coefficient (Wildman–Crippen LogP) is 5.93. The van der Waals surface area contributed by atoms with Crippen LogP contribution in [0.4, 0.5) is 10.1 Å². The van der Waals surface area contributed by atoms with Crippen molar-refractivity contribution in [2.45, 2.75) is 143 Å². The summed E-state index contributed by atoms with van der Waals surface area (Å²) in [6.07, 6.45) is 7.49. The number of carbonyl (C=O) groups excluding carboxylic acids is 5. The van der Waals surface area contributed by atoms with Gasteiger partial charge in [-0.2, -0.15) is 0 Å². The number of nitrogens with zero attached hydrogens (tertiary/aromatic N) is 3. The number of aliphatic hydroxyl groups excluding tert-OH is 2. The molecule has 1 amide bonds. The Labute approximate surface area is 468 Å². The quantitative estimate of drug-likeness (QED) is 0.143. The summed E-state index contributed by atoms with van der Waals surface area (Å²) in [7, 11) is 1.42. The molecule has 1 aromatic carbocycles.